The summed E-state index contributed by atoms with van der Waals surface area (Å²) in [6, 6.07) is 17.6. The molecular weight excluding hydrogens is 495 g/mol. The Morgan fingerprint density at radius 1 is 1.03 bits per heavy atom. The first kappa shape index (κ1) is 24.1. The predicted molar refractivity (Wildman–Crippen MR) is 108 cm³/mol. The Bertz CT molecular complexity index is 796. The van der Waals surface area contributed by atoms with Gasteiger partial charge in [-0.05, 0) is 26.1 Å². The summed E-state index contributed by atoms with van der Waals surface area (Å²) in [5.41, 5.74) is 2.17. The van der Waals surface area contributed by atoms with E-state index >= 15 is 0 Å². The number of amides is 2. The standard InChI is InChI=1S/C14H22N2O.C8H5NO2.Pr/c1-15(2)14(12-6-4-3-5-7-12)11-16-9-8-13(17)10-16;10-7-5-3-1-2-4-6(5)8(11)9-7;/h3-7,13-14,17H,8-11H2,1-2H3;1-4H,(H,9,10,11);/p-1/t13-,14+;;/m0../s1. The molecule has 6 nitrogen and oxygen atoms in total. The van der Waals surface area contributed by atoms with Crippen LogP contribution in [0.5, 0.6) is 0 Å². The van der Waals surface area contributed by atoms with E-state index < -0.39 is 11.8 Å². The number of aliphatic hydroxyl groups excluding tert-OH is 1. The van der Waals surface area contributed by atoms with Crippen LogP contribution in [0.3, 0.4) is 0 Å². The fourth-order valence-electron chi connectivity index (χ4n) is 3.53. The number of benzene rings is 2. The Labute approximate surface area is 205 Å². The fraction of sp³-hybridized carbons (Fsp3) is 0.364. The van der Waals surface area contributed by atoms with E-state index in [9.17, 15) is 14.7 Å². The first-order valence-corrected chi connectivity index (χ1v) is 9.47. The average molecular weight is 521 g/mol. The zero-order chi connectivity index (χ0) is 20.1. The Balaban J connectivity index is 0.000000217. The summed E-state index contributed by atoms with van der Waals surface area (Å²) in [5, 5.41) is 12.8. The second kappa shape index (κ2) is 11.3. The van der Waals surface area contributed by atoms with Gasteiger partial charge in [-0.2, -0.15) is 0 Å². The first-order chi connectivity index (χ1) is 13.5. The Morgan fingerprint density at radius 3 is 2.07 bits per heavy atom. The van der Waals surface area contributed by atoms with Crippen LogP contribution in [0.1, 0.15) is 38.7 Å². The van der Waals surface area contributed by atoms with Crippen molar-refractivity contribution in [3.05, 3.63) is 76.6 Å². The van der Waals surface area contributed by atoms with Gasteiger partial charge in [-0.15, -0.1) is 0 Å². The van der Waals surface area contributed by atoms with Crippen molar-refractivity contribution >= 4 is 11.8 Å². The third-order valence-corrected chi connectivity index (χ3v) is 5.08. The van der Waals surface area contributed by atoms with Crippen LogP contribution in [0.15, 0.2) is 54.6 Å². The van der Waals surface area contributed by atoms with Gasteiger partial charge in [0.25, 0.3) is 0 Å². The van der Waals surface area contributed by atoms with E-state index in [1.165, 1.54) is 5.56 Å². The number of imide groups is 1. The molecule has 0 bridgehead atoms. The molecule has 2 aromatic rings. The minimum atomic E-state index is -0.425. The Kier molecular flexibility index (Phi) is 9.37. The first-order valence-electron chi connectivity index (χ1n) is 9.47. The molecule has 0 aromatic heterocycles. The van der Waals surface area contributed by atoms with Crippen molar-refractivity contribution in [1.82, 2.24) is 9.80 Å². The Morgan fingerprint density at radius 2 is 1.59 bits per heavy atom. The summed E-state index contributed by atoms with van der Waals surface area (Å²) in [7, 11) is 4.23. The molecule has 0 unspecified atom stereocenters. The van der Waals surface area contributed by atoms with Gasteiger partial charge in [0.15, 0.2) is 0 Å². The van der Waals surface area contributed by atoms with Crippen molar-refractivity contribution < 1.29 is 56.0 Å². The van der Waals surface area contributed by atoms with Crippen molar-refractivity contribution in [2.75, 3.05) is 33.7 Å². The molecule has 4 rings (SSSR count). The number of hydrogen-bond acceptors (Lipinski definition) is 5. The average Bonchev–Trinajstić information content (AvgIpc) is 3.24. The molecule has 7 heteroatoms. The van der Waals surface area contributed by atoms with Gasteiger partial charge < -0.3 is 24.9 Å². The van der Waals surface area contributed by atoms with Crippen molar-refractivity contribution in [3.8, 4) is 0 Å². The number of likely N-dealkylation sites (tertiary alicyclic amines) is 1. The smallest absolute Gasteiger partial charge is 0.0883 e. The van der Waals surface area contributed by atoms with Crippen molar-refractivity contribution in [3.63, 3.8) is 0 Å². The molecule has 2 aromatic carbocycles. The van der Waals surface area contributed by atoms with Crippen molar-refractivity contribution in [1.29, 1.82) is 0 Å². The molecular formula is C22H26N3O3Pr-. The summed E-state index contributed by atoms with van der Waals surface area (Å²) < 4.78 is 0. The van der Waals surface area contributed by atoms with Crippen molar-refractivity contribution in [2.24, 2.45) is 0 Å². The number of nitrogens with zero attached hydrogens (tertiary/aromatic N) is 3. The van der Waals surface area contributed by atoms with Gasteiger partial charge in [0, 0.05) is 78.1 Å². The van der Waals surface area contributed by atoms with E-state index in [-0.39, 0.29) is 47.4 Å². The monoisotopic (exact) mass is 521 g/mol. The number of likely N-dealkylation sites (N-methyl/N-ethyl adjacent to an activating group) is 1. The Hall–Kier alpha value is -1.18. The molecule has 1 saturated heterocycles. The predicted octanol–water partition coefficient (Wildman–Crippen LogP) is 2.71. The molecule has 1 radical (unpaired) electrons. The zero-order valence-electron chi connectivity index (χ0n) is 16.9. The quantitative estimate of drug-likeness (QED) is 0.627. The van der Waals surface area contributed by atoms with Crippen LogP contribution in [0.4, 0.5) is 0 Å². The van der Waals surface area contributed by atoms with Crippen LogP contribution in [-0.4, -0.2) is 66.6 Å². The summed E-state index contributed by atoms with van der Waals surface area (Å²) >= 11 is 0. The minimum Gasteiger partial charge on any atom is -0.587 e. The fourth-order valence-corrected chi connectivity index (χ4v) is 3.53. The van der Waals surface area contributed by atoms with Gasteiger partial charge in [-0.3, -0.25) is 4.90 Å². The molecule has 2 aliphatic heterocycles. The molecule has 2 amide bonds. The maximum atomic E-state index is 10.9. The second-order valence-electron chi connectivity index (χ2n) is 7.36. The van der Waals surface area contributed by atoms with E-state index in [1.54, 1.807) is 24.3 Å². The van der Waals surface area contributed by atoms with Crippen LogP contribution in [0.2, 0.25) is 0 Å². The normalized spacial score (nSPS) is 19.1. The van der Waals surface area contributed by atoms with Crippen LogP contribution in [0.25, 0.3) is 5.32 Å². The van der Waals surface area contributed by atoms with E-state index in [4.69, 9.17) is 0 Å². The third-order valence-electron chi connectivity index (χ3n) is 5.08. The number of fused-ring (bicyclic) bond motifs is 1. The number of rotatable bonds is 4. The maximum Gasteiger partial charge on any atom is 0.0883 e. The molecule has 2 heterocycles. The number of β-amino-alcohol motifs (C(OH)–C–C–N with tert-alkyl or cyclic N) is 1. The van der Waals surface area contributed by atoms with Gasteiger partial charge in [0.2, 0.25) is 0 Å². The SMILES string of the molecule is CN(C)[C@H](CN1CC[C@H](O)C1)c1ccccc1.O=C1[N-]C(=O)c2ccccc21.[Pr]. The molecule has 1 N–H and O–H groups in total. The molecule has 0 spiro atoms. The number of aliphatic hydroxyl groups is 1. The van der Waals surface area contributed by atoms with Crippen LogP contribution in [0, 0.1) is 41.3 Å². The van der Waals surface area contributed by atoms with Crippen molar-refractivity contribution in [2.45, 2.75) is 18.6 Å². The van der Waals surface area contributed by atoms with E-state index in [0.717, 1.165) is 26.1 Å². The second-order valence-corrected chi connectivity index (χ2v) is 7.36. The summed E-state index contributed by atoms with van der Waals surface area (Å²) in [6.07, 6.45) is 0.781. The minimum absolute atomic E-state index is 0. The zero-order valence-corrected chi connectivity index (χ0v) is 20.6. The van der Waals surface area contributed by atoms with E-state index in [2.05, 4.69) is 59.5 Å². The van der Waals surface area contributed by atoms with Crippen LogP contribution < -0.4 is 0 Å². The number of carbonyl (C=O) groups excluding carboxylic acids is 2. The molecule has 2 atom stereocenters. The topological polar surface area (TPSA) is 75.0 Å². The molecule has 2 aliphatic rings. The summed E-state index contributed by atoms with van der Waals surface area (Å²) in [4.78, 5) is 26.4. The van der Waals surface area contributed by atoms with Gasteiger partial charge in [-0.1, -0.05) is 54.6 Å². The third kappa shape index (κ3) is 6.40. The van der Waals surface area contributed by atoms with Gasteiger partial charge >= 0.3 is 0 Å². The van der Waals surface area contributed by atoms with Crippen LogP contribution >= 0.6 is 0 Å². The molecule has 0 aliphatic carbocycles. The van der Waals surface area contributed by atoms with Gasteiger partial charge in [0.1, 0.15) is 0 Å². The van der Waals surface area contributed by atoms with Crippen LogP contribution in [-0.2, 0) is 0 Å². The molecule has 151 valence electrons. The molecule has 1 fully saturated rings. The van der Waals surface area contributed by atoms with Gasteiger partial charge in [0.05, 0.1) is 17.9 Å². The van der Waals surface area contributed by atoms with Gasteiger partial charge in [-0.25, -0.2) is 0 Å². The maximum absolute atomic E-state index is 10.9. The number of carbonyl (C=O) groups is 2. The van der Waals surface area contributed by atoms with E-state index in [0.29, 0.717) is 17.2 Å². The molecule has 0 saturated carbocycles. The molecule has 29 heavy (non-hydrogen) atoms. The summed E-state index contributed by atoms with van der Waals surface area (Å²) in [6.45, 7) is 2.82. The number of hydrogen-bond donors (Lipinski definition) is 1. The summed E-state index contributed by atoms with van der Waals surface area (Å²) in [5.74, 6) is -0.851. The largest absolute Gasteiger partial charge is 0.587 e. The van der Waals surface area contributed by atoms with E-state index in [1.807, 2.05) is 0 Å².